The third-order valence-electron chi connectivity index (χ3n) is 8.11. The molecule has 0 saturated heterocycles. The lowest BCUT2D eigenvalue weighted by Crippen LogP contribution is -2.10. The Kier molecular flexibility index (Phi) is 8.66. The standard InChI is InChI=1S/C43H40N2/c1-31-6-18-38(19-7-31)44(39-20-8-32(2)9-21-39)41-24-14-36(15-25-41)12-13-37-16-26-42(27-17-37)45(40-22-10-33(3)11-23-40)43-29-34(4)28-35(5)30-43/h6-30H,1-5H3. The van der Waals surface area contributed by atoms with E-state index in [1.165, 1.54) is 33.5 Å². The Morgan fingerprint density at radius 1 is 0.289 bits per heavy atom. The first-order chi connectivity index (χ1) is 21.8. The molecule has 6 aromatic carbocycles. The first-order valence-electron chi connectivity index (χ1n) is 15.6. The number of benzene rings is 6. The van der Waals surface area contributed by atoms with Gasteiger partial charge in [0.15, 0.2) is 0 Å². The highest BCUT2D eigenvalue weighted by Crippen LogP contribution is 2.37. The highest BCUT2D eigenvalue weighted by molar-refractivity contribution is 5.80. The van der Waals surface area contributed by atoms with E-state index in [0.717, 1.165) is 39.6 Å². The lowest BCUT2D eigenvalue weighted by Gasteiger charge is -2.26. The third kappa shape index (κ3) is 7.08. The van der Waals surface area contributed by atoms with E-state index in [0.29, 0.717) is 0 Å². The second kappa shape index (κ2) is 13.1. The van der Waals surface area contributed by atoms with Gasteiger partial charge in [-0.1, -0.05) is 95.6 Å². The predicted octanol–water partition coefficient (Wildman–Crippen LogP) is 12.3. The molecule has 0 unspecified atom stereocenters. The Morgan fingerprint density at radius 3 is 0.867 bits per heavy atom. The molecular weight excluding hydrogens is 544 g/mol. The van der Waals surface area contributed by atoms with Crippen molar-refractivity contribution in [3.8, 4) is 0 Å². The van der Waals surface area contributed by atoms with Gasteiger partial charge in [-0.2, -0.15) is 0 Å². The summed E-state index contributed by atoms with van der Waals surface area (Å²) in [6.45, 7) is 10.7. The number of hydrogen-bond donors (Lipinski definition) is 0. The summed E-state index contributed by atoms with van der Waals surface area (Å²) >= 11 is 0. The highest BCUT2D eigenvalue weighted by Gasteiger charge is 2.14. The summed E-state index contributed by atoms with van der Waals surface area (Å²) in [5.74, 6) is 0. The van der Waals surface area contributed by atoms with Gasteiger partial charge < -0.3 is 9.80 Å². The van der Waals surface area contributed by atoms with Crippen molar-refractivity contribution in [2.24, 2.45) is 0 Å². The minimum Gasteiger partial charge on any atom is -0.311 e. The Labute approximate surface area is 268 Å². The van der Waals surface area contributed by atoms with Crippen LogP contribution in [0, 0.1) is 34.6 Å². The second-order valence-electron chi connectivity index (χ2n) is 12.0. The van der Waals surface area contributed by atoms with Crippen LogP contribution in [0.3, 0.4) is 0 Å². The molecule has 6 aromatic rings. The SMILES string of the molecule is Cc1ccc(N(c2ccc(C)cc2)c2ccc(C=Cc3ccc(N(c4ccc(C)cc4)c4cc(C)cc(C)c4)cc3)cc2)cc1. The van der Waals surface area contributed by atoms with Crippen LogP contribution in [-0.4, -0.2) is 0 Å². The fourth-order valence-corrected chi connectivity index (χ4v) is 5.72. The highest BCUT2D eigenvalue weighted by atomic mass is 15.1. The zero-order valence-corrected chi connectivity index (χ0v) is 26.8. The number of nitrogens with zero attached hydrogens (tertiary/aromatic N) is 2. The van der Waals surface area contributed by atoms with Crippen LogP contribution in [0.15, 0.2) is 140 Å². The van der Waals surface area contributed by atoms with Crippen molar-refractivity contribution in [2.45, 2.75) is 34.6 Å². The van der Waals surface area contributed by atoms with Crippen LogP contribution in [0.5, 0.6) is 0 Å². The van der Waals surface area contributed by atoms with E-state index < -0.39 is 0 Å². The monoisotopic (exact) mass is 584 g/mol. The smallest absolute Gasteiger partial charge is 0.0466 e. The Balaban J connectivity index is 1.25. The Hall–Kier alpha value is -5.34. The molecule has 0 spiro atoms. The average molecular weight is 585 g/mol. The minimum absolute atomic E-state index is 1.13. The van der Waals surface area contributed by atoms with E-state index in [4.69, 9.17) is 0 Å². The lowest BCUT2D eigenvalue weighted by molar-refractivity contribution is 1.25. The zero-order valence-electron chi connectivity index (χ0n) is 26.8. The van der Waals surface area contributed by atoms with E-state index in [-0.39, 0.29) is 0 Å². The molecule has 0 N–H and O–H groups in total. The van der Waals surface area contributed by atoms with Gasteiger partial charge in [-0.3, -0.25) is 0 Å². The molecule has 0 amide bonds. The van der Waals surface area contributed by atoms with E-state index in [2.05, 4.69) is 196 Å². The molecule has 0 fully saturated rings. The van der Waals surface area contributed by atoms with Crippen molar-refractivity contribution in [1.29, 1.82) is 0 Å². The van der Waals surface area contributed by atoms with Gasteiger partial charge >= 0.3 is 0 Å². The van der Waals surface area contributed by atoms with Gasteiger partial charge in [0.1, 0.15) is 0 Å². The summed E-state index contributed by atoms with van der Waals surface area (Å²) in [5.41, 5.74) is 15.5. The molecule has 222 valence electrons. The van der Waals surface area contributed by atoms with Gasteiger partial charge in [0.25, 0.3) is 0 Å². The summed E-state index contributed by atoms with van der Waals surface area (Å²) in [6, 6.07) is 50.5. The first kappa shape index (κ1) is 29.7. The van der Waals surface area contributed by atoms with E-state index in [9.17, 15) is 0 Å². The van der Waals surface area contributed by atoms with Gasteiger partial charge in [-0.05, 0) is 130 Å². The topological polar surface area (TPSA) is 6.48 Å². The van der Waals surface area contributed by atoms with E-state index in [1.807, 2.05) is 0 Å². The maximum absolute atomic E-state index is 2.33. The van der Waals surface area contributed by atoms with Crippen LogP contribution >= 0.6 is 0 Å². The zero-order chi connectivity index (χ0) is 31.3. The third-order valence-corrected chi connectivity index (χ3v) is 8.11. The summed E-state index contributed by atoms with van der Waals surface area (Å²) in [7, 11) is 0. The van der Waals surface area contributed by atoms with E-state index in [1.54, 1.807) is 0 Å². The average Bonchev–Trinajstić information content (AvgIpc) is 3.04. The number of rotatable bonds is 8. The van der Waals surface area contributed by atoms with Gasteiger partial charge in [-0.15, -0.1) is 0 Å². The number of aryl methyl sites for hydroxylation is 5. The van der Waals surface area contributed by atoms with Crippen molar-refractivity contribution < 1.29 is 0 Å². The molecule has 2 nitrogen and oxygen atoms in total. The van der Waals surface area contributed by atoms with Crippen LogP contribution in [0.2, 0.25) is 0 Å². The summed E-state index contributed by atoms with van der Waals surface area (Å²) in [4.78, 5) is 4.64. The first-order valence-corrected chi connectivity index (χ1v) is 15.6. The molecular formula is C43H40N2. The minimum atomic E-state index is 1.13. The van der Waals surface area contributed by atoms with Crippen molar-refractivity contribution in [3.05, 3.63) is 178 Å². The van der Waals surface area contributed by atoms with Crippen molar-refractivity contribution in [3.63, 3.8) is 0 Å². The van der Waals surface area contributed by atoms with Crippen LogP contribution in [0.4, 0.5) is 34.1 Å². The molecule has 0 aliphatic carbocycles. The van der Waals surface area contributed by atoms with Gasteiger partial charge in [0, 0.05) is 34.1 Å². The molecule has 2 heteroatoms. The Morgan fingerprint density at radius 2 is 0.556 bits per heavy atom. The molecule has 0 aromatic heterocycles. The molecule has 0 radical (unpaired) electrons. The fraction of sp³-hybridized carbons (Fsp3) is 0.116. The van der Waals surface area contributed by atoms with E-state index >= 15 is 0 Å². The largest absolute Gasteiger partial charge is 0.311 e. The second-order valence-corrected chi connectivity index (χ2v) is 12.0. The summed E-state index contributed by atoms with van der Waals surface area (Å²) in [6.07, 6.45) is 4.37. The Bertz CT molecular complexity index is 1830. The van der Waals surface area contributed by atoms with Gasteiger partial charge in [-0.25, -0.2) is 0 Å². The molecule has 0 heterocycles. The van der Waals surface area contributed by atoms with Crippen molar-refractivity contribution in [2.75, 3.05) is 9.80 Å². The molecule has 0 aliphatic rings. The van der Waals surface area contributed by atoms with Crippen molar-refractivity contribution >= 4 is 46.3 Å². The molecule has 0 bridgehead atoms. The van der Waals surface area contributed by atoms with Gasteiger partial charge in [0.2, 0.25) is 0 Å². The summed E-state index contributed by atoms with van der Waals surface area (Å²) < 4.78 is 0. The van der Waals surface area contributed by atoms with Crippen LogP contribution in [0.1, 0.15) is 38.9 Å². The molecule has 0 atom stereocenters. The lowest BCUT2D eigenvalue weighted by atomic mass is 10.1. The predicted molar refractivity (Wildman–Crippen MR) is 195 cm³/mol. The number of anilines is 6. The number of hydrogen-bond acceptors (Lipinski definition) is 2. The summed E-state index contributed by atoms with van der Waals surface area (Å²) in [5, 5.41) is 0. The normalized spacial score (nSPS) is 11.1. The van der Waals surface area contributed by atoms with Crippen LogP contribution < -0.4 is 9.80 Å². The van der Waals surface area contributed by atoms with Crippen LogP contribution in [0.25, 0.3) is 12.2 Å². The maximum Gasteiger partial charge on any atom is 0.0466 e. The molecule has 45 heavy (non-hydrogen) atoms. The van der Waals surface area contributed by atoms with Gasteiger partial charge in [0.05, 0.1) is 0 Å². The van der Waals surface area contributed by atoms with Crippen molar-refractivity contribution in [1.82, 2.24) is 0 Å². The van der Waals surface area contributed by atoms with Crippen LogP contribution in [-0.2, 0) is 0 Å². The molecule has 0 aliphatic heterocycles. The fourth-order valence-electron chi connectivity index (χ4n) is 5.72. The quantitative estimate of drug-likeness (QED) is 0.164. The maximum atomic E-state index is 2.33. The molecule has 6 rings (SSSR count). The molecule has 0 saturated carbocycles.